The molecule has 32 heavy (non-hydrogen) atoms. The van der Waals surface area contributed by atoms with Crippen molar-refractivity contribution in [2.45, 2.75) is 18.6 Å². The van der Waals surface area contributed by atoms with E-state index in [1.807, 2.05) is 6.07 Å². The third-order valence-corrected chi connectivity index (χ3v) is 5.23. The lowest BCUT2D eigenvalue weighted by Gasteiger charge is -2.19. The molecule has 1 aromatic heterocycles. The Morgan fingerprint density at radius 1 is 0.969 bits per heavy atom. The van der Waals surface area contributed by atoms with E-state index in [9.17, 15) is 13.2 Å². The van der Waals surface area contributed by atoms with Crippen molar-refractivity contribution in [3.8, 4) is 11.5 Å². The van der Waals surface area contributed by atoms with Crippen LogP contribution in [0.5, 0.6) is 11.5 Å². The van der Waals surface area contributed by atoms with Crippen molar-refractivity contribution in [3.63, 3.8) is 0 Å². The molecule has 5 rings (SSSR count). The largest absolute Gasteiger partial charge is 0.454 e. The Hall–Kier alpha value is -4.02. The van der Waals surface area contributed by atoms with Crippen LogP contribution in [0.2, 0.25) is 0 Å². The number of rotatable bonds is 2. The molecule has 8 nitrogen and oxygen atoms in total. The maximum Gasteiger partial charge on any atom is 0.416 e. The van der Waals surface area contributed by atoms with Crippen LogP contribution in [-0.4, -0.2) is 22.5 Å². The molecule has 0 aliphatic carbocycles. The lowest BCUT2D eigenvalue weighted by atomic mass is 9.96. The van der Waals surface area contributed by atoms with Crippen LogP contribution in [0.3, 0.4) is 0 Å². The summed E-state index contributed by atoms with van der Waals surface area (Å²) in [6.07, 6.45) is -4.09. The van der Waals surface area contributed by atoms with Crippen LogP contribution in [0.25, 0.3) is 0 Å². The summed E-state index contributed by atoms with van der Waals surface area (Å²) in [5, 5.41) is 3.20. The molecule has 2 aromatic carbocycles. The molecule has 0 amide bonds. The highest BCUT2D eigenvalue weighted by molar-refractivity contribution is 6.05. The Labute approximate surface area is 180 Å². The van der Waals surface area contributed by atoms with Crippen LogP contribution in [0.4, 0.5) is 36.4 Å². The van der Waals surface area contributed by atoms with Gasteiger partial charge < -0.3 is 26.3 Å². The van der Waals surface area contributed by atoms with Crippen molar-refractivity contribution < 1.29 is 22.6 Å². The predicted octanol–water partition coefficient (Wildman–Crippen LogP) is 4.07. The quantitative estimate of drug-likeness (QED) is 0.547. The fourth-order valence-corrected chi connectivity index (χ4v) is 3.66. The normalized spacial score (nSPS) is 17.2. The van der Waals surface area contributed by atoms with Gasteiger partial charge >= 0.3 is 6.18 Å². The van der Waals surface area contributed by atoms with Gasteiger partial charge in [0.1, 0.15) is 5.69 Å². The van der Waals surface area contributed by atoms with Gasteiger partial charge in [-0.2, -0.15) is 23.1 Å². The van der Waals surface area contributed by atoms with E-state index in [0.29, 0.717) is 40.7 Å². The average Bonchev–Trinajstić information content (AvgIpc) is 3.13. The number of hydrogen-bond donors (Lipinski definition) is 3. The first-order chi connectivity index (χ1) is 15.3. The number of aliphatic imine (C=N–C) groups is 1. The predicted molar refractivity (Wildman–Crippen MR) is 112 cm³/mol. The van der Waals surface area contributed by atoms with E-state index in [2.05, 4.69) is 20.3 Å². The third-order valence-electron chi connectivity index (χ3n) is 5.23. The average molecular weight is 442 g/mol. The molecule has 3 aromatic rings. The number of anilines is 3. The summed E-state index contributed by atoms with van der Waals surface area (Å²) in [6, 6.07) is 9.89. The van der Waals surface area contributed by atoms with Crippen LogP contribution in [0.15, 0.2) is 47.5 Å². The first-order valence-corrected chi connectivity index (χ1v) is 9.62. The molecule has 11 heteroatoms. The van der Waals surface area contributed by atoms with E-state index in [1.165, 1.54) is 12.1 Å². The van der Waals surface area contributed by atoms with Gasteiger partial charge in [-0.1, -0.05) is 12.1 Å². The molecule has 1 atom stereocenters. The summed E-state index contributed by atoms with van der Waals surface area (Å²) in [6.45, 7) is 0.129. The van der Waals surface area contributed by atoms with Gasteiger partial charge in [-0.25, -0.2) is 4.99 Å². The molecular weight excluding hydrogens is 425 g/mol. The Morgan fingerprint density at radius 2 is 1.72 bits per heavy atom. The van der Waals surface area contributed by atoms with E-state index in [4.69, 9.17) is 20.9 Å². The fraction of sp³-hybridized carbons (Fsp3) is 0.190. The maximum absolute atomic E-state index is 13.0. The second kappa shape index (κ2) is 7.29. The van der Waals surface area contributed by atoms with Crippen molar-refractivity contribution in [1.82, 2.24) is 9.97 Å². The van der Waals surface area contributed by atoms with E-state index >= 15 is 0 Å². The standard InChI is InChI=1S/C21H17F3N6O2/c22-21(23,24)12-4-1-10(2-5-12)13-8-14(11-3-6-15-16(7-11)32-9-31-15)27-17-18(25)29-20(26)30-19(17)28-13/h1-7,13H,8-9H2,(H5,25,26,28,29,30). The number of hydrogen-bond acceptors (Lipinski definition) is 8. The first-order valence-electron chi connectivity index (χ1n) is 9.62. The number of halogens is 3. The van der Waals surface area contributed by atoms with Crippen LogP contribution in [-0.2, 0) is 6.18 Å². The third kappa shape index (κ3) is 3.61. The maximum atomic E-state index is 13.0. The number of fused-ring (bicyclic) bond motifs is 2. The number of aromatic nitrogens is 2. The zero-order valence-electron chi connectivity index (χ0n) is 16.5. The minimum absolute atomic E-state index is 0.0401. The smallest absolute Gasteiger partial charge is 0.416 e. The minimum atomic E-state index is -4.42. The number of nitrogens with one attached hydrogen (secondary N) is 1. The SMILES string of the molecule is Nc1nc(N)c2c(n1)NC(c1ccc(C(F)(F)F)cc1)CC(c1ccc3c(c1)OCO3)=N2. The van der Waals surface area contributed by atoms with Gasteiger partial charge in [0.25, 0.3) is 0 Å². The van der Waals surface area contributed by atoms with Crippen LogP contribution in [0, 0.1) is 0 Å². The lowest BCUT2D eigenvalue weighted by molar-refractivity contribution is -0.137. The first kappa shape index (κ1) is 19.9. The molecule has 5 N–H and O–H groups in total. The number of ether oxygens (including phenoxy) is 2. The molecule has 164 valence electrons. The van der Waals surface area contributed by atoms with Gasteiger partial charge in [0.15, 0.2) is 23.1 Å². The van der Waals surface area contributed by atoms with Gasteiger partial charge in [-0.15, -0.1) is 0 Å². The number of nitrogens with two attached hydrogens (primary N) is 2. The summed E-state index contributed by atoms with van der Waals surface area (Å²) < 4.78 is 49.8. The lowest BCUT2D eigenvalue weighted by Crippen LogP contribution is -2.16. The van der Waals surface area contributed by atoms with Crippen molar-refractivity contribution >= 4 is 29.0 Å². The molecule has 0 saturated carbocycles. The summed E-state index contributed by atoms with van der Waals surface area (Å²) in [5.74, 6) is 1.55. The van der Waals surface area contributed by atoms with Gasteiger partial charge in [0.2, 0.25) is 12.7 Å². The van der Waals surface area contributed by atoms with E-state index in [1.54, 1.807) is 12.1 Å². The highest BCUT2D eigenvalue weighted by Gasteiger charge is 2.31. The second-order valence-electron chi connectivity index (χ2n) is 7.31. The molecule has 0 radical (unpaired) electrons. The Balaban J connectivity index is 1.59. The molecule has 2 aliphatic rings. The minimum Gasteiger partial charge on any atom is -0.454 e. The Morgan fingerprint density at radius 3 is 2.47 bits per heavy atom. The molecular formula is C21H17F3N6O2. The molecule has 0 spiro atoms. The van der Waals surface area contributed by atoms with Crippen LogP contribution < -0.4 is 26.3 Å². The molecule has 0 fully saturated rings. The Bertz CT molecular complexity index is 1230. The monoisotopic (exact) mass is 442 g/mol. The second-order valence-corrected chi connectivity index (χ2v) is 7.31. The number of alkyl halides is 3. The van der Waals surface area contributed by atoms with Gasteiger partial charge in [0, 0.05) is 6.42 Å². The summed E-state index contributed by atoms with van der Waals surface area (Å²) in [4.78, 5) is 12.9. The number of benzene rings is 2. The number of nitrogens with zero attached hydrogens (tertiary/aromatic N) is 3. The molecule has 0 bridgehead atoms. The van der Waals surface area contributed by atoms with Crippen molar-refractivity contribution in [1.29, 1.82) is 0 Å². The highest BCUT2D eigenvalue weighted by Crippen LogP contribution is 2.40. The summed E-state index contributed by atoms with van der Waals surface area (Å²) in [5.41, 5.74) is 13.4. The molecule has 0 saturated heterocycles. The zero-order chi connectivity index (χ0) is 22.5. The van der Waals surface area contributed by atoms with E-state index in [-0.39, 0.29) is 18.6 Å². The van der Waals surface area contributed by atoms with E-state index < -0.39 is 17.8 Å². The zero-order valence-corrected chi connectivity index (χ0v) is 16.5. The van der Waals surface area contributed by atoms with Gasteiger partial charge in [-0.05, 0) is 41.5 Å². The fourth-order valence-electron chi connectivity index (χ4n) is 3.66. The van der Waals surface area contributed by atoms with Crippen LogP contribution >= 0.6 is 0 Å². The number of nitrogen functional groups attached to an aromatic ring is 2. The van der Waals surface area contributed by atoms with Crippen molar-refractivity contribution in [3.05, 3.63) is 59.2 Å². The highest BCUT2D eigenvalue weighted by atomic mass is 19.4. The van der Waals surface area contributed by atoms with Crippen molar-refractivity contribution in [2.24, 2.45) is 4.99 Å². The molecule has 2 aliphatic heterocycles. The van der Waals surface area contributed by atoms with E-state index in [0.717, 1.165) is 17.7 Å². The summed E-state index contributed by atoms with van der Waals surface area (Å²) >= 11 is 0. The summed E-state index contributed by atoms with van der Waals surface area (Å²) in [7, 11) is 0. The van der Waals surface area contributed by atoms with Gasteiger partial charge in [0.05, 0.1) is 17.3 Å². The van der Waals surface area contributed by atoms with Crippen LogP contribution in [0.1, 0.15) is 29.2 Å². The molecule has 1 unspecified atom stereocenters. The van der Waals surface area contributed by atoms with Gasteiger partial charge in [-0.3, -0.25) is 0 Å². The Kier molecular flexibility index (Phi) is 4.54. The topological polar surface area (TPSA) is 121 Å². The molecule has 3 heterocycles. The van der Waals surface area contributed by atoms with Crippen molar-refractivity contribution in [2.75, 3.05) is 23.6 Å².